The molecule has 0 bridgehead atoms. The van der Waals surface area contributed by atoms with E-state index in [0.29, 0.717) is 24.8 Å². The minimum absolute atomic E-state index is 0.214. The number of amides is 2. The number of hydrogen-bond donors (Lipinski definition) is 0. The summed E-state index contributed by atoms with van der Waals surface area (Å²) in [4.78, 5) is 31.0. The first kappa shape index (κ1) is 19.2. The largest absolute Gasteiger partial charge is 0.342 e. The molecular weight excluding hydrogens is 368 g/mol. The Bertz CT molecular complexity index is 790. The highest BCUT2D eigenvalue weighted by Crippen LogP contribution is 2.31. The molecule has 2 fully saturated rings. The molecule has 5 heteroatoms. The highest BCUT2D eigenvalue weighted by atomic mass is 32.1. The molecule has 3 heterocycles. The molecule has 0 unspecified atom stereocenters. The van der Waals surface area contributed by atoms with Crippen molar-refractivity contribution < 1.29 is 9.59 Å². The van der Waals surface area contributed by atoms with Crippen LogP contribution in [0, 0.1) is 5.92 Å². The van der Waals surface area contributed by atoms with Crippen LogP contribution in [0.25, 0.3) is 0 Å². The number of nitrogens with zero attached hydrogens (tertiary/aromatic N) is 2. The van der Waals surface area contributed by atoms with Crippen LogP contribution in [0.15, 0.2) is 47.8 Å². The minimum Gasteiger partial charge on any atom is -0.342 e. The molecule has 2 amide bonds. The SMILES string of the molecule is O=C(Cc1ccccc1)N1CC[C@H]2[C@H](CCCN2C(=O)CCc2cccs2)C1. The zero-order chi connectivity index (χ0) is 19.3. The van der Waals surface area contributed by atoms with Crippen LogP contribution in [0.1, 0.15) is 36.1 Å². The van der Waals surface area contributed by atoms with Gasteiger partial charge in [-0.05, 0) is 48.6 Å². The number of benzene rings is 1. The first-order valence-corrected chi connectivity index (χ1v) is 11.2. The molecule has 28 heavy (non-hydrogen) atoms. The third kappa shape index (κ3) is 4.46. The summed E-state index contributed by atoms with van der Waals surface area (Å²) in [6, 6.07) is 14.4. The topological polar surface area (TPSA) is 40.6 Å². The van der Waals surface area contributed by atoms with Gasteiger partial charge in [-0.15, -0.1) is 11.3 Å². The molecule has 0 aliphatic carbocycles. The van der Waals surface area contributed by atoms with Crippen molar-refractivity contribution in [2.45, 2.75) is 44.6 Å². The molecule has 0 N–H and O–H groups in total. The number of thiophene rings is 1. The first-order chi connectivity index (χ1) is 13.7. The van der Waals surface area contributed by atoms with E-state index in [1.165, 1.54) is 4.88 Å². The summed E-state index contributed by atoms with van der Waals surface area (Å²) in [7, 11) is 0. The molecule has 2 aromatic rings. The predicted octanol–water partition coefficient (Wildman–Crippen LogP) is 3.76. The maximum absolute atomic E-state index is 12.9. The van der Waals surface area contributed by atoms with E-state index in [9.17, 15) is 9.59 Å². The Hall–Kier alpha value is -2.14. The van der Waals surface area contributed by atoms with Gasteiger partial charge < -0.3 is 9.80 Å². The maximum atomic E-state index is 12.9. The Morgan fingerprint density at radius 1 is 1.00 bits per heavy atom. The lowest BCUT2D eigenvalue weighted by molar-refractivity contribution is -0.141. The van der Waals surface area contributed by atoms with Crippen LogP contribution in [-0.2, 0) is 22.4 Å². The van der Waals surface area contributed by atoms with Crippen LogP contribution in [0.3, 0.4) is 0 Å². The standard InChI is InChI=1S/C23H28N2O2S/c26-22(11-10-20-9-5-15-28-20)25-13-4-8-19-17-24(14-12-21(19)25)23(27)16-18-6-2-1-3-7-18/h1-3,5-7,9,15,19,21H,4,8,10-14,16-17H2/t19-,21+/m1/s1. The summed E-state index contributed by atoms with van der Waals surface area (Å²) in [5, 5.41) is 2.07. The van der Waals surface area contributed by atoms with Crippen molar-refractivity contribution in [2.24, 2.45) is 5.92 Å². The quantitative estimate of drug-likeness (QED) is 0.772. The van der Waals surface area contributed by atoms with E-state index < -0.39 is 0 Å². The van der Waals surface area contributed by atoms with E-state index >= 15 is 0 Å². The zero-order valence-corrected chi connectivity index (χ0v) is 17.1. The summed E-state index contributed by atoms with van der Waals surface area (Å²) in [6.07, 6.45) is 4.99. The fourth-order valence-electron chi connectivity index (χ4n) is 4.65. The molecule has 4 rings (SSSR count). The summed E-state index contributed by atoms with van der Waals surface area (Å²) < 4.78 is 0. The van der Waals surface area contributed by atoms with Gasteiger partial charge >= 0.3 is 0 Å². The molecule has 0 saturated carbocycles. The lowest BCUT2D eigenvalue weighted by Gasteiger charge is -2.47. The molecule has 2 atom stereocenters. The van der Waals surface area contributed by atoms with E-state index in [1.807, 2.05) is 41.3 Å². The Labute approximate surface area is 171 Å². The van der Waals surface area contributed by atoms with Crippen molar-refractivity contribution in [3.8, 4) is 0 Å². The Morgan fingerprint density at radius 3 is 2.64 bits per heavy atom. The van der Waals surface area contributed by atoms with Crippen LogP contribution in [0.5, 0.6) is 0 Å². The molecule has 0 spiro atoms. The normalized spacial score (nSPS) is 22.0. The number of likely N-dealkylation sites (tertiary alicyclic amines) is 2. The zero-order valence-electron chi connectivity index (χ0n) is 16.3. The van der Waals surface area contributed by atoms with Gasteiger partial charge in [-0.3, -0.25) is 9.59 Å². The average Bonchev–Trinajstić information content (AvgIpc) is 3.25. The van der Waals surface area contributed by atoms with E-state index in [0.717, 1.165) is 50.9 Å². The van der Waals surface area contributed by atoms with Crippen LogP contribution in [-0.4, -0.2) is 47.3 Å². The lowest BCUT2D eigenvalue weighted by atomic mass is 9.83. The van der Waals surface area contributed by atoms with Crippen LogP contribution < -0.4 is 0 Å². The van der Waals surface area contributed by atoms with Gasteiger partial charge in [-0.1, -0.05) is 36.4 Å². The predicted molar refractivity (Wildman–Crippen MR) is 112 cm³/mol. The molecular formula is C23H28N2O2S. The molecule has 0 radical (unpaired) electrons. The molecule has 4 nitrogen and oxygen atoms in total. The number of aryl methyl sites for hydroxylation is 1. The van der Waals surface area contributed by atoms with Crippen molar-refractivity contribution in [2.75, 3.05) is 19.6 Å². The Morgan fingerprint density at radius 2 is 1.86 bits per heavy atom. The van der Waals surface area contributed by atoms with E-state index in [4.69, 9.17) is 0 Å². The lowest BCUT2D eigenvalue weighted by Crippen LogP contribution is -2.56. The number of carbonyl (C=O) groups excluding carboxylic acids is 2. The molecule has 2 aliphatic rings. The first-order valence-electron chi connectivity index (χ1n) is 10.3. The van der Waals surface area contributed by atoms with Crippen LogP contribution >= 0.6 is 11.3 Å². The summed E-state index contributed by atoms with van der Waals surface area (Å²) in [6.45, 7) is 2.44. The number of fused-ring (bicyclic) bond motifs is 1. The molecule has 2 aliphatic heterocycles. The van der Waals surface area contributed by atoms with Gasteiger partial charge in [0.2, 0.25) is 11.8 Å². The summed E-state index contributed by atoms with van der Waals surface area (Å²) >= 11 is 1.72. The van der Waals surface area contributed by atoms with Crippen LogP contribution in [0.2, 0.25) is 0 Å². The molecule has 148 valence electrons. The maximum Gasteiger partial charge on any atom is 0.227 e. The van der Waals surface area contributed by atoms with Gasteiger partial charge in [0.15, 0.2) is 0 Å². The van der Waals surface area contributed by atoms with Crippen molar-refractivity contribution in [1.29, 1.82) is 0 Å². The Balaban J connectivity index is 1.33. The monoisotopic (exact) mass is 396 g/mol. The number of rotatable bonds is 5. The highest BCUT2D eigenvalue weighted by Gasteiger charge is 2.38. The molecule has 1 aromatic heterocycles. The fourth-order valence-corrected chi connectivity index (χ4v) is 5.36. The number of piperidine rings is 2. The minimum atomic E-state index is 0.214. The third-order valence-corrected chi connectivity index (χ3v) is 7.04. The highest BCUT2D eigenvalue weighted by molar-refractivity contribution is 7.09. The van der Waals surface area contributed by atoms with E-state index in [-0.39, 0.29) is 11.8 Å². The number of hydrogen-bond acceptors (Lipinski definition) is 3. The Kier molecular flexibility index (Phi) is 6.10. The van der Waals surface area contributed by atoms with Crippen molar-refractivity contribution in [1.82, 2.24) is 9.80 Å². The summed E-state index contributed by atoms with van der Waals surface area (Å²) in [5.74, 6) is 0.922. The summed E-state index contributed by atoms with van der Waals surface area (Å²) in [5.41, 5.74) is 1.07. The van der Waals surface area contributed by atoms with Gasteiger partial charge in [-0.2, -0.15) is 0 Å². The average molecular weight is 397 g/mol. The van der Waals surface area contributed by atoms with Crippen LogP contribution in [0.4, 0.5) is 0 Å². The molecule has 2 saturated heterocycles. The van der Waals surface area contributed by atoms with Gasteiger partial charge in [-0.25, -0.2) is 0 Å². The van der Waals surface area contributed by atoms with Crippen molar-refractivity contribution >= 4 is 23.2 Å². The smallest absolute Gasteiger partial charge is 0.227 e. The van der Waals surface area contributed by atoms with Gasteiger partial charge in [0.25, 0.3) is 0 Å². The molecule has 1 aromatic carbocycles. The van der Waals surface area contributed by atoms with Gasteiger partial charge in [0, 0.05) is 37.0 Å². The fraction of sp³-hybridized carbons (Fsp3) is 0.478. The van der Waals surface area contributed by atoms with Gasteiger partial charge in [0.05, 0.1) is 6.42 Å². The second-order valence-electron chi connectivity index (χ2n) is 7.93. The second-order valence-corrected chi connectivity index (χ2v) is 8.96. The number of carbonyl (C=O) groups is 2. The van der Waals surface area contributed by atoms with Gasteiger partial charge in [0.1, 0.15) is 0 Å². The van der Waals surface area contributed by atoms with Crippen molar-refractivity contribution in [3.05, 3.63) is 58.3 Å². The second kappa shape index (κ2) is 8.91. The van der Waals surface area contributed by atoms with E-state index in [2.05, 4.69) is 16.3 Å². The third-order valence-electron chi connectivity index (χ3n) is 6.10. The van der Waals surface area contributed by atoms with Crippen molar-refractivity contribution in [3.63, 3.8) is 0 Å². The van der Waals surface area contributed by atoms with E-state index in [1.54, 1.807) is 11.3 Å².